The van der Waals surface area contributed by atoms with Crippen LogP contribution < -0.4 is 0 Å². The molecule has 3 rings (SSSR count). The highest BCUT2D eigenvalue weighted by atomic mass is 32.2. The average Bonchev–Trinajstić information content (AvgIpc) is 2.61. The summed E-state index contributed by atoms with van der Waals surface area (Å²) >= 11 is 0. The van der Waals surface area contributed by atoms with Crippen molar-refractivity contribution in [3.63, 3.8) is 0 Å². The minimum absolute atomic E-state index is 0.170. The Morgan fingerprint density at radius 1 is 1.14 bits per heavy atom. The van der Waals surface area contributed by atoms with Crippen molar-refractivity contribution in [3.05, 3.63) is 30.3 Å². The zero-order chi connectivity index (χ0) is 20.8. The van der Waals surface area contributed by atoms with Crippen molar-refractivity contribution in [2.45, 2.75) is 63.2 Å². The van der Waals surface area contributed by atoms with Crippen LogP contribution in [0.5, 0.6) is 0 Å². The first-order valence-electron chi connectivity index (χ1n) is 9.29. The van der Waals surface area contributed by atoms with Gasteiger partial charge in [0, 0.05) is 13.3 Å². The van der Waals surface area contributed by atoms with Gasteiger partial charge in [0.1, 0.15) is 11.4 Å². The van der Waals surface area contributed by atoms with Crippen LogP contribution in [0, 0.1) is 11.3 Å². The molecule has 1 aliphatic heterocycles. The monoisotopic (exact) mass is 410 g/mol. The number of rotatable bonds is 5. The molecule has 0 radical (unpaired) electrons. The molecule has 1 saturated heterocycles. The predicted octanol–water partition coefficient (Wildman–Crippen LogP) is 2.84. The van der Waals surface area contributed by atoms with Gasteiger partial charge in [-0.25, -0.2) is 13.3 Å². The van der Waals surface area contributed by atoms with E-state index < -0.39 is 32.6 Å². The van der Waals surface area contributed by atoms with Gasteiger partial charge in [0.25, 0.3) is 5.79 Å². The van der Waals surface area contributed by atoms with Gasteiger partial charge < -0.3 is 4.74 Å². The lowest BCUT2D eigenvalue weighted by Crippen LogP contribution is -2.66. The largest absolute Gasteiger partial charge is 0.429 e. The molecule has 0 N–H and O–H groups in total. The Kier molecular flexibility index (Phi) is 5.19. The topological polar surface area (TPSA) is 96.0 Å². The van der Waals surface area contributed by atoms with Gasteiger partial charge in [-0.3, -0.25) is 9.59 Å². The van der Waals surface area contributed by atoms with Gasteiger partial charge in [0.15, 0.2) is 9.84 Å². The van der Waals surface area contributed by atoms with E-state index in [1.807, 2.05) is 0 Å². The Morgan fingerprint density at radius 2 is 1.79 bits per heavy atom. The molecule has 2 bridgehead atoms. The molecule has 0 amide bonds. The number of ether oxygens (including phenoxy) is 1. The van der Waals surface area contributed by atoms with Crippen LogP contribution in [0.4, 0.5) is 0 Å². The first kappa shape index (κ1) is 21.0. The third kappa shape index (κ3) is 3.38. The number of ketones is 1. The summed E-state index contributed by atoms with van der Waals surface area (Å²) in [5.74, 6) is -2.84. The SMILES string of the molecule is CC(=O)O[C@@]12C[C@@H](CC[C@]1(C)C(C)=O)[C@@](C)(CS(=O)(=O)c1ccccc1)OO2. The summed E-state index contributed by atoms with van der Waals surface area (Å²) in [5.41, 5.74) is -2.19. The van der Waals surface area contributed by atoms with Crippen molar-refractivity contribution in [2.24, 2.45) is 11.3 Å². The number of esters is 1. The standard InChI is InChI=1S/C20H26O7S/c1-14(21)18(3)11-10-16-12-20(18,25-15(2)22)27-26-19(16,4)13-28(23,24)17-8-6-5-7-9-17/h5-9,16H,10-13H2,1-4H3/t16-,18-,19-,20-/m1/s1. The van der Waals surface area contributed by atoms with Crippen LogP contribution in [0.25, 0.3) is 0 Å². The van der Waals surface area contributed by atoms with Crippen LogP contribution in [-0.4, -0.2) is 37.3 Å². The highest BCUT2D eigenvalue weighted by Gasteiger charge is 2.66. The lowest BCUT2D eigenvalue weighted by Gasteiger charge is -2.56. The molecule has 8 heteroatoms. The fraction of sp³-hybridized carbons (Fsp3) is 0.600. The Bertz CT molecular complexity index is 881. The van der Waals surface area contributed by atoms with E-state index in [0.29, 0.717) is 12.8 Å². The van der Waals surface area contributed by atoms with Gasteiger partial charge in [-0.05, 0) is 51.7 Å². The molecule has 1 aromatic carbocycles. The molecule has 154 valence electrons. The Balaban J connectivity index is 1.92. The van der Waals surface area contributed by atoms with E-state index in [2.05, 4.69) is 0 Å². The summed E-state index contributed by atoms with van der Waals surface area (Å²) in [6, 6.07) is 8.16. The smallest absolute Gasteiger partial charge is 0.305 e. The molecular weight excluding hydrogens is 384 g/mol. The van der Waals surface area contributed by atoms with Gasteiger partial charge in [-0.1, -0.05) is 18.2 Å². The number of hydrogen-bond acceptors (Lipinski definition) is 7. The van der Waals surface area contributed by atoms with Crippen LogP contribution in [0.15, 0.2) is 35.2 Å². The second-order valence-corrected chi connectivity index (χ2v) is 10.2. The molecule has 7 nitrogen and oxygen atoms in total. The fourth-order valence-electron chi connectivity index (χ4n) is 4.26. The molecule has 1 aliphatic carbocycles. The number of carbonyl (C=O) groups is 2. The fourth-order valence-corrected chi connectivity index (χ4v) is 6.04. The summed E-state index contributed by atoms with van der Waals surface area (Å²) in [6.45, 7) is 6.06. The zero-order valence-electron chi connectivity index (χ0n) is 16.6. The summed E-state index contributed by atoms with van der Waals surface area (Å²) in [4.78, 5) is 35.5. The minimum Gasteiger partial charge on any atom is -0.429 e. The lowest BCUT2D eigenvalue weighted by atomic mass is 9.61. The first-order chi connectivity index (χ1) is 12.9. The van der Waals surface area contributed by atoms with E-state index in [4.69, 9.17) is 14.5 Å². The van der Waals surface area contributed by atoms with Gasteiger partial charge in [-0.15, -0.1) is 0 Å². The quantitative estimate of drug-likeness (QED) is 0.544. The van der Waals surface area contributed by atoms with E-state index in [9.17, 15) is 18.0 Å². The number of benzene rings is 1. The molecule has 2 aliphatic rings. The second-order valence-electron chi connectivity index (χ2n) is 8.23. The normalized spacial score (nSPS) is 35.2. The van der Waals surface area contributed by atoms with E-state index in [-0.39, 0.29) is 28.8 Å². The van der Waals surface area contributed by atoms with Crippen LogP contribution in [-0.2, 0) is 33.9 Å². The maximum atomic E-state index is 12.9. The van der Waals surface area contributed by atoms with Gasteiger partial charge in [-0.2, -0.15) is 4.89 Å². The van der Waals surface area contributed by atoms with Gasteiger partial charge >= 0.3 is 5.97 Å². The van der Waals surface area contributed by atoms with Gasteiger partial charge in [0.2, 0.25) is 0 Å². The second kappa shape index (κ2) is 6.93. The minimum atomic E-state index is -3.62. The summed E-state index contributed by atoms with van der Waals surface area (Å²) < 4.78 is 31.2. The number of carbonyl (C=O) groups excluding carboxylic acids is 2. The van der Waals surface area contributed by atoms with Crippen LogP contribution >= 0.6 is 0 Å². The van der Waals surface area contributed by atoms with E-state index >= 15 is 0 Å². The number of sulfone groups is 1. The van der Waals surface area contributed by atoms with E-state index in [0.717, 1.165) is 0 Å². The predicted molar refractivity (Wildman–Crippen MR) is 99.7 cm³/mol. The number of Topliss-reactive ketones (excluding diaryl/α,β-unsaturated/α-hetero) is 1. The first-order valence-corrected chi connectivity index (χ1v) is 10.9. The zero-order valence-corrected chi connectivity index (χ0v) is 17.4. The number of hydrogen-bond donors (Lipinski definition) is 0. The van der Waals surface area contributed by atoms with Crippen molar-refractivity contribution in [3.8, 4) is 0 Å². The van der Waals surface area contributed by atoms with Crippen LogP contribution in [0.3, 0.4) is 0 Å². The molecule has 1 saturated carbocycles. The van der Waals surface area contributed by atoms with Gasteiger partial charge in [0.05, 0.1) is 16.1 Å². The molecule has 0 aromatic heterocycles. The molecule has 28 heavy (non-hydrogen) atoms. The highest BCUT2D eigenvalue weighted by Crippen LogP contribution is 2.56. The third-order valence-electron chi connectivity index (χ3n) is 6.24. The van der Waals surface area contributed by atoms with Crippen molar-refractivity contribution in [2.75, 3.05) is 5.75 Å². The van der Waals surface area contributed by atoms with Crippen LogP contribution in [0.1, 0.15) is 47.0 Å². The molecule has 2 fully saturated rings. The van der Waals surface area contributed by atoms with E-state index in [1.54, 1.807) is 44.2 Å². The lowest BCUT2D eigenvalue weighted by molar-refractivity contribution is -0.515. The molecule has 0 unspecified atom stereocenters. The van der Waals surface area contributed by atoms with Crippen molar-refractivity contribution < 1.29 is 32.5 Å². The molecule has 1 aromatic rings. The Hall–Kier alpha value is -1.77. The van der Waals surface area contributed by atoms with Crippen molar-refractivity contribution in [1.29, 1.82) is 0 Å². The molecular formula is C20H26O7S. The van der Waals surface area contributed by atoms with E-state index in [1.165, 1.54) is 13.8 Å². The summed E-state index contributed by atoms with van der Waals surface area (Å²) in [6.07, 6.45) is 1.16. The maximum Gasteiger partial charge on any atom is 0.305 e. The summed E-state index contributed by atoms with van der Waals surface area (Å²) in [5, 5.41) is 0. The molecule has 4 atom stereocenters. The third-order valence-corrected chi connectivity index (χ3v) is 8.19. The number of fused-ring (bicyclic) bond motifs is 2. The highest BCUT2D eigenvalue weighted by molar-refractivity contribution is 7.91. The molecule has 1 heterocycles. The van der Waals surface area contributed by atoms with Crippen molar-refractivity contribution in [1.82, 2.24) is 0 Å². The maximum absolute atomic E-state index is 12.9. The van der Waals surface area contributed by atoms with Crippen LogP contribution in [0.2, 0.25) is 0 Å². The Labute approximate surface area is 165 Å². The molecule has 0 spiro atoms. The van der Waals surface area contributed by atoms with Crippen molar-refractivity contribution >= 4 is 21.6 Å². The average molecular weight is 410 g/mol. The summed E-state index contributed by atoms with van der Waals surface area (Å²) in [7, 11) is -3.62. The Morgan fingerprint density at radius 3 is 2.36 bits per heavy atom.